The lowest BCUT2D eigenvalue weighted by molar-refractivity contribution is -0.382. The molecule has 10 heteroatoms. The first-order valence-corrected chi connectivity index (χ1v) is 9.56. The fourth-order valence-electron chi connectivity index (χ4n) is 2.47. The smallest absolute Gasteiger partial charge is 0.287 e. The van der Waals surface area contributed by atoms with Gasteiger partial charge in [-0.2, -0.15) is 0 Å². The van der Waals surface area contributed by atoms with E-state index in [0.29, 0.717) is 25.8 Å². The minimum Gasteiger partial charge on any atom is -0.297 e. The molecule has 4 rings (SSSR count). The summed E-state index contributed by atoms with van der Waals surface area (Å²) >= 11 is 14.5. The molecule has 0 bridgehead atoms. The Morgan fingerprint density at radius 3 is 2.77 bits per heavy atom. The number of non-ortho nitro benzene ring substituents is 1. The lowest BCUT2D eigenvalue weighted by Gasteiger charge is -1.98. The van der Waals surface area contributed by atoms with Gasteiger partial charge in [0.25, 0.3) is 11.6 Å². The van der Waals surface area contributed by atoms with Crippen molar-refractivity contribution in [2.45, 2.75) is 0 Å². The number of anilines is 1. The molecule has 0 aliphatic rings. The number of carbonyl (C=O) groups is 1. The monoisotopic (exact) mass is 423 g/mol. The molecule has 26 heavy (non-hydrogen) atoms. The van der Waals surface area contributed by atoms with Gasteiger partial charge in [-0.05, 0) is 18.2 Å². The number of carbonyl (C=O) groups excluding carboxylic acids is 1. The van der Waals surface area contributed by atoms with E-state index in [1.54, 1.807) is 18.2 Å². The number of hydrogen-bond donors (Lipinski definition) is 1. The summed E-state index contributed by atoms with van der Waals surface area (Å²) in [6.07, 6.45) is 0. The molecule has 1 N–H and O–H groups in total. The van der Waals surface area contributed by atoms with Gasteiger partial charge in [0.05, 0.1) is 20.2 Å². The molecule has 2 heterocycles. The van der Waals surface area contributed by atoms with Crippen molar-refractivity contribution >= 4 is 82.9 Å². The van der Waals surface area contributed by atoms with Crippen LogP contribution in [0, 0.1) is 10.1 Å². The molecule has 4 aromatic rings. The number of thiophene rings is 1. The van der Waals surface area contributed by atoms with Crippen LogP contribution in [0.4, 0.5) is 10.8 Å². The highest BCUT2D eigenvalue weighted by Gasteiger charge is 2.23. The first kappa shape index (κ1) is 17.2. The highest BCUT2D eigenvalue weighted by atomic mass is 35.5. The van der Waals surface area contributed by atoms with Gasteiger partial charge in [0.2, 0.25) is 0 Å². The second kappa shape index (κ2) is 6.48. The lowest BCUT2D eigenvalue weighted by atomic mass is 10.2. The Kier molecular flexibility index (Phi) is 4.28. The van der Waals surface area contributed by atoms with E-state index in [1.165, 1.54) is 23.5 Å². The van der Waals surface area contributed by atoms with E-state index in [1.807, 2.05) is 6.07 Å². The molecule has 0 aliphatic heterocycles. The number of fused-ring (bicyclic) bond motifs is 2. The Labute approximate surface area is 164 Å². The van der Waals surface area contributed by atoms with Crippen LogP contribution in [0.5, 0.6) is 0 Å². The van der Waals surface area contributed by atoms with Gasteiger partial charge in [0, 0.05) is 16.5 Å². The van der Waals surface area contributed by atoms with E-state index >= 15 is 0 Å². The van der Waals surface area contributed by atoms with E-state index in [-0.39, 0.29) is 15.6 Å². The zero-order valence-corrected chi connectivity index (χ0v) is 15.8. The Balaban J connectivity index is 1.72. The molecule has 2 aromatic carbocycles. The number of halogens is 2. The van der Waals surface area contributed by atoms with Crippen LogP contribution in [0.2, 0.25) is 10.0 Å². The van der Waals surface area contributed by atoms with Crippen LogP contribution in [0.1, 0.15) is 9.67 Å². The van der Waals surface area contributed by atoms with Gasteiger partial charge < -0.3 is 0 Å². The maximum absolute atomic E-state index is 12.6. The maximum Gasteiger partial charge on any atom is 0.287 e. The molecular weight excluding hydrogens is 417 g/mol. The summed E-state index contributed by atoms with van der Waals surface area (Å²) in [5.74, 6) is -0.462. The second-order valence-corrected chi connectivity index (χ2v) is 8.11. The summed E-state index contributed by atoms with van der Waals surface area (Å²) in [7, 11) is 0. The molecular formula is C16H7Cl2N3O3S2. The largest absolute Gasteiger partial charge is 0.297 e. The number of rotatable bonds is 3. The number of benzene rings is 2. The van der Waals surface area contributed by atoms with E-state index in [9.17, 15) is 14.9 Å². The fourth-order valence-corrected chi connectivity index (χ4v) is 4.97. The molecule has 0 saturated carbocycles. The number of nitro benzene ring substituents is 1. The van der Waals surface area contributed by atoms with Crippen molar-refractivity contribution in [2.75, 3.05) is 5.32 Å². The molecule has 0 fully saturated rings. The Morgan fingerprint density at radius 1 is 1.19 bits per heavy atom. The number of thiazole rings is 1. The molecule has 6 nitrogen and oxygen atoms in total. The Hall–Kier alpha value is -2.26. The van der Waals surface area contributed by atoms with Crippen molar-refractivity contribution < 1.29 is 9.72 Å². The minimum atomic E-state index is -0.492. The summed E-state index contributed by atoms with van der Waals surface area (Å²) in [4.78, 5) is 27.8. The van der Waals surface area contributed by atoms with Crippen molar-refractivity contribution in [3.63, 3.8) is 0 Å². The molecule has 0 unspecified atom stereocenters. The third-order valence-electron chi connectivity index (χ3n) is 3.61. The van der Waals surface area contributed by atoms with Gasteiger partial charge in [0.15, 0.2) is 5.13 Å². The number of hydrogen-bond acceptors (Lipinski definition) is 6. The van der Waals surface area contributed by atoms with Crippen LogP contribution in [-0.4, -0.2) is 15.8 Å². The summed E-state index contributed by atoms with van der Waals surface area (Å²) in [5, 5.41) is 15.5. The van der Waals surface area contributed by atoms with Gasteiger partial charge in [0.1, 0.15) is 9.58 Å². The number of amides is 1. The zero-order valence-electron chi connectivity index (χ0n) is 12.7. The molecule has 130 valence electrons. The van der Waals surface area contributed by atoms with E-state index in [0.717, 1.165) is 16.0 Å². The van der Waals surface area contributed by atoms with Crippen LogP contribution in [-0.2, 0) is 0 Å². The first-order valence-electron chi connectivity index (χ1n) is 7.17. The van der Waals surface area contributed by atoms with Gasteiger partial charge in [-0.25, -0.2) is 4.98 Å². The minimum absolute atomic E-state index is 0.0805. The predicted molar refractivity (Wildman–Crippen MR) is 106 cm³/mol. The first-order chi connectivity index (χ1) is 12.4. The number of nitro groups is 1. The second-order valence-electron chi connectivity index (χ2n) is 5.24. The van der Waals surface area contributed by atoms with Crippen molar-refractivity contribution in [1.29, 1.82) is 0 Å². The molecule has 0 radical (unpaired) electrons. The van der Waals surface area contributed by atoms with Gasteiger partial charge >= 0.3 is 0 Å². The number of aromatic nitrogens is 1. The summed E-state index contributed by atoms with van der Waals surface area (Å²) in [6, 6.07) is 9.85. The highest BCUT2D eigenvalue weighted by Crippen LogP contribution is 2.40. The Morgan fingerprint density at radius 2 is 2.00 bits per heavy atom. The van der Waals surface area contributed by atoms with Crippen LogP contribution in [0.3, 0.4) is 0 Å². The van der Waals surface area contributed by atoms with Crippen LogP contribution < -0.4 is 5.32 Å². The molecule has 1 amide bonds. The van der Waals surface area contributed by atoms with Crippen molar-refractivity contribution in [3.05, 3.63) is 61.4 Å². The number of nitrogens with one attached hydrogen (secondary N) is 1. The van der Waals surface area contributed by atoms with Crippen molar-refractivity contribution in [2.24, 2.45) is 0 Å². The van der Waals surface area contributed by atoms with Gasteiger partial charge in [-0.3, -0.25) is 20.2 Å². The predicted octanol–water partition coefficient (Wildman–Crippen LogP) is 5.98. The summed E-state index contributed by atoms with van der Waals surface area (Å²) in [5.41, 5.74) is 0.596. The highest BCUT2D eigenvalue weighted by molar-refractivity contribution is 7.23. The SMILES string of the molecule is O=C(Nc1nc2cc(Cl)ccc2s1)c1sc2c([N+](=O)[O-])cccc2c1Cl. The standard InChI is InChI=1S/C16H7Cl2N3O3S2/c17-7-4-5-11-9(6-7)19-16(25-11)20-15(22)14-12(18)8-2-1-3-10(21(23)24)13(8)26-14/h1-6H,(H,19,20,22). The fraction of sp³-hybridized carbons (Fsp3) is 0. The number of nitrogens with zero attached hydrogens (tertiary/aromatic N) is 2. The average Bonchev–Trinajstić information content (AvgIpc) is 3.14. The Bertz CT molecular complexity index is 1200. The quantitative estimate of drug-likeness (QED) is 0.324. The summed E-state index contributed by atoms with van der Waals surface area (Å²) in [6.45, 7) is 0. The van der Waals surface area contributed by atoms with Crippen molar-refractivity contribution in [3.8, 4) is 0 Å². The lowest BCUT2D eigenvalue weighted by Crippen LogP contribution is -2.10. The molecule has 2 aromatic heterocycles. The average molecular weight is 424 g/mol. The molecule has 0 atom stereocenters. The zero-order chi connectivity index (χ0) is 18.4. The maximum atomic E-state index is 12.6. The van der Waals surface area contributed by atoms with E-state index < -0.39 is 10.8 Å². The van der Waals surface area contributed by atoms with Crippen LogP contribution in [0.15, 0.2) is 36.4 Å². The molecule has 0 aliphatic carbocycles. The van der Waals surface area contributed by atoms with Crippen LogP contribution >= 0.6 is 45.9 Å². The van der Waals surface area contributed by atoms with Crippen molar-refractivity contribution in [1.82, 2.24) is 4.98 Å². The third kappa shape index (κ3) is 2.90. The molecule has 0 saturated heterocycles. The third-order valence-corrected chi connectivity index (χ3v) is 6.53. The van der Waals surface area contributed by atoms with Gasteiger partial charge in [-0.1, -0.05) is 46.7 Å². The van der Waals surface area contributed by atoms with E-state index in [2.05, 4.69) is 10.3 Å². The summed E-state index contributed by atoms with van der Waals surface area (Å²) < 4.78 is 1.24. The topological polar surface area (TPSA) is 85.1 Å². The molecule has 0 spiro atoms. The van der Waals surface area contributed by atoms with E-state index in [4.69, 9.17) is 23.2 Å². The van der Waals surface area contributed by atoms with Gasteiger partial charge in [-0.15, -0.1) is 11.3 Å². The van der Waals surface area contributed by atoms with Crippen LogP contribution in [0.25, 0.3) is 20.3 Å². The normalized spacial score (nSPS) is 11.2.